The lowest BCUT2D eigenvalue weighted by molar-refractivity contribution is -0.114. The van der Waals surface area contributed by atoms with Crippen LogP contribution in [0.4, 0.5) is 11.4 Å². The molecule has 3 N–H and O–H groups in total. The van der Waals surface area contributed by atoms with E-state index in [1.165, 1.54) is 5.56 Å². The summed E-state index contributed by atoms with van der Waals surface area (Å²) in [5.41, 5.74) is 3.64. The van der Waals surface area contributed by atoms with E-state index in [1.807, 2.05) is 48.5 Å². The van der Waals surface area contributed by atoms with Crippen LogP contribution in [0.5, 0.6) is 0 Å². The molecule has 0 saturated heterocycles. The van der Waals surface area contributed by atoms with Gasteiger partial charge in [0.15, 0.2) is 0 Å². The zero-order chi connectivity index (χ0) is 15.1. The Hall–Kier alpha value is -2.33. The summed E-state index contributed by atoms with van der Waals surface area (Å²) in [7, 11) is 0. The lowest BCUT2D eigenvalue weighted by Crippen LogP contribution is -2.21. The van der Waals surface area contributed by atoms with Gasteiger partial charge in [0, 0.05) is 11.4 Å². The van der Waals surface area contributed by atoms with Gasteiger partial charge in [-0.15, -0.1) is 0 Å². The number of aliphatic hydroxyl groups is 1. The fourth-order valence-corrected chi connectivity index (χ4v) is 2.04. The summed E-state index contributed by atoms with van der Waals surface area (Å²) in [5.74, 6) is -0.0994. The Morgan fingerprint density at radius 3 is 2.43 bits per heavy atom. The highest BCUT2D eigenvalue weighted by Gasteiger charge is 2.03. The van der Waals surface area contributed by atoms with Gasteiger partial charge in [0.25, 0.3) is 0 Å². The van der Waals surface area contributed by atoms with Gasteiger partial charge < -0.3 is 15.7 Å². The Labute approximate surface area is 124 Å². The van der Waals surface area contributed by atoms with Crippen molar-refractivity contribution in [2.24, 2.45) is 0 Å². The second-order valence-electron chi connectivity index (χ2n) is 4.81. The van der Waals surface area contributed by atoms with Gasteiger partial charge in [-0.05, 0) is 41.8 Å². The van der Waals surface area contributed by atoms with Crippen LogP contribution in [0.15, 0.2) is 48.5 Å². The van der Waals surface area contributed by atoms with Crippen molar-refractivity contribution in [3.63, 3.8) is 0 Å². The van der Waals surface area contributed by atoms with Gasteiger partial charge in [0.05, 0.1) is 13.2 Å². The highest BCUT2D eigenvalue weighted by molar-refractivity contribution is 5.93. The predicted molar refractivity (Wildman–Crippen MR) is 85.3 cm³/mol. The summed E-state index contributed by atoms with van der Waals surface area (Å²) in [6, 6.07) is 15.2. The molecule has 110 valence electrons. The SMILES string of the molecule is CCc1cccc(NC(=O)CNc2cccc(CO)c2)c1. The van der Waals surface area contributed by atoms with Gasteiger partial charge in [0.1, 0.15) is 0 Å². The van der Waals surface area contributed by atoms with Crippen LogP contribution in [0, 0.1) is 0 Å². The number of amides is 1. The third-order valence-electron chi connectivity index (χ3n) is 3.18. The number of aliphatic hydroxyl groups excluding tert-OH is 1. The van der Waals surface area contributed by atoms with Crippen molar-refractivity contribution in [1.82, 2.24) is 0 Å². The van der Waals surface area contributed by atoms with E-state index in [-0.39, 0.29) is 19.1 Å². The summed E-state index contributed by atoms with van der Waals surface area (Å²) >= 11 is 0. The number of carbonyl (C=O) groups excluding carboxylic acids is 1. The molecular formula is C17H20N2O2. The zero-order valence-corrected chi connectivity index (χ0v) is 12.1. The fourth-order valence-electron chi connectivity index (χ4n) is 2.04. The number of nitrogens with one attached hydrogen (secondary N) is 2. The smallest absolute Gasteiger partial charge is 0.243 e. The van der Waals surface area contributed by atoms with Crippen LogP contribution in [-0.4, -0.2) is 17.6 Å². The van der Waals surface area contributed by atoms with E-state index in [2.05, 4.69) is 17.6 Å². The van der Waals surface area contributed by atoms with Gasteiger partial charge in [-0.1, -0.05) is 31.2 Å². The molecule has 0 aliphatic carbocycles. The summed E-state index contributed by atoms with van der Waals surface area (Å²) in [4.78, 5) is 11.9. The quantitative estimate of drug-likeness (QED) is 0.764. The van der Waals surface area contributed by atoms with Crippen LogP contribution in [-0.2, 0) is 17.8 Å². The molecule has 0 bridgehead atoms. The molecule has 1 amide bonds. The molecule has 4 nitrogen and oxygen atoms in total. The first-order valence-electron chi connectivity index (χ1n) is 7.03. The van der Waals surface area contributed by atoms with Crippen molar-refractivity contribution < 1.29 is 9.90 Å². The molecule has 0 saturated carbocycles. The second-order valence-corrected chi connectivity index (χ2v) is 4.81. The van der Waals surface area contributed by atoms with Crippen molar-refractivity contribution >= 4 is 17.3 Å². The highest BCUT2D eigenvalue weighted by atomic mass is 16.3. The Balaban J connectivity index is 1.89. The maximum absolute atomic E-state index is 11.9. The molecule has 0 aliphatic heterocycles. The highest BCUT2D eigenvalue weighted by Crippen LogP contribution is 2.12. The van der Waals surface area contributed by atoms with Crippen LogP contribution in [0.1, 0.15) is 18.1 Å². The van der Waals surface area contributed by atoms with Gasteiger partial charge in [-0.3, -0.25) is 4.79 Å². The van der Waals surface area contributed by atoms with Gasteiger partial charge >= 0.3 is 0 Å². The number of aryl methyl sites for hydroxylation is 1. The van der Waals surface area contributed by atoms with Gasteiger partial charge in [-0.2, -0.15) is 0 Å². The molecular weight excluding hydrogens is 264 g/mol. The summed E-state index contributed by atoms with van der Waals surface area (Å²) in [6.45, 7) is 2.26. The first-order chi connectivity index (χ1) is 10.2. The molecule has 0 aliphatic rings. The minimum Gasteiger partial charge on any atom is -0.392 e. The van der Waals surface area contributed by atoms with Crippen LogP contribution in [0.25, 0.3) is 0 Å². The van der Waals surface area contributed by atoms with E-state index in [4.69, 9.17) is 5.11 Å². The van der Waals surface area contributed by atoms with Crippen molar-refractivity contribution in [2.45, 2.75) is 20.0 Å². The summed E-state index contributed by atoms with van der Waals surface area (Å²) < 4.78 is 0. The van der Waals surface area contributed by atoms with Gasteiger partial charge in [-0.25, -0.2) is 0 Å². The molecule has 0 radical (unpaired) electrons. The molecule has 2 rings (SSSR count). The Bertz CT molecular complexity index is 611. The average Bonchev–Trinajstić information content (AvgIpc) is 2.53. The van der Waals surface area contributed by atoms with Crippen molar-refractivity contribution in [3.8, 4) is 0 Å². The lowest BCUT2D eigenvalue weighted by atomic mass is 10.1. The molecule has 0 heterocycles. The molecule has 0 spiro atoms. The van der Waals surface area contributed by atoms with E-state index >= 15 is 0 Å². The monoisotopic (exact) mass is 284 g/mol. The number of hydrogen-bond donors (Lipinski definition) is 3. The number of benzene rings is 2. The van der Waals surface area contributed by atoms with E-state index < -0.39 is 0 Å². The Morgan fingerprint density at radius 1 is 1.05 bits per heavy atom. The van der Waals surface area contributed by atoms with E-state index in [9.17, 15) is 4.79 Å². The Morgan fingerprint density at radius 2 is 1.71 bits per heavy atom. The third-order valence-corrected chi connectivity index (χ3v) is 3.18. The Kier molecular flexibility index (Phi) is 5.35. The molecule has 0 unspecified atom stereocenters. The predicted octanol–water partition coefficient (Wildman–Crippen LogP) is 2.79. The standard InChI is InChI=1S/C17H20N2O2/c1-2-13-5-3-8-16(9-13)19-17(21)11-18-15-7-4-6-14(10-15)12-20/h3-10,18,20H,2,11-12H2,1H3,(H,19,21). The molecule has 21 heavy (non-hydrogen) atoms. The number of carbonyl (C=O) groups is 1. The van der Waals surface area contributed by atoms with Crippen LogP contribution in [0.2, 0.25) is 0 Å². The topological polar surface area (TPSA) is 61.4 Å². The first-order valence-corrected chi connectivity index (χ1v) is 7.03. The van der Waals surface area contributed by atoms with E-state index in [1.54, 1.807) is 0 Å². The van der Waals surface area contributed by atoms with E-state index in [0.717, 1.165) is 23.4 Å². The molecule has 2 aromatic carbocycles. The maximum atomic E-state index is 11.9. The number of anilines is 2. The molecule has 0 aromatic heterocycles. The normalized spacial score (nSPS) is 10.2. The number of hydrogen-bond acceptors (Lipinski definition) is 3. The molecule has 0 atom stereocenters. The van der Waals surface area contributed by atoms with E-state index in [0.29, 0.717) is 0 Å². The van der Waals surface area contributed by atoms with Crippen molar-refractivity contribution in [3.05, 3.63) is 59.7 Å². The average molecular weight is 284 g/mol. The van der Waals surface area contributed by atoms with Gasteiger partial charge in [0.2, 0.25) is 5.91 Å². The van der Waals surface area contributed by atoms with Crippen molar-refractivity contribution in [2.75, 3.05) is 17.2 Å². The minimum absolute atomic E-state index is 0.00841. The summed E-state index contributed by atoms with van der Waals surface area (Å²) in [6.07, 6.45) is 0.940. The zero-order valence-electron chi connectivity index (χ0n) is 12.1. The lowest BCUT2D eigenvalue weighted by Gasteiger charge is -2.09. The maximum Gasteiger partial charge on any atom is 0.243 e. The first kappa shape index (κ1) is 15.1. The fraction of sp³-hybridized carbons (Fsp3) is 0.235. The van der Waals surface area contributed by atoms with Crippen molar-refractivity contribution in [1.29, 1.82) is 0 Å². The molecule has 4 heteroatoms. The minimum atomic E-state index is -0.0994. The second kappa shape index (κ2) is 7.45. The van der Waals surface area contributed by atoms with Crippen LogP contribution >= 0.6 is 0 Å². The molecule has 0 fully saturated rings. The number of rotatable bonds is 6. The summed E-state index contributed by atoms with van der Waals surface area (Å²) in [5, 5.41) is 15.0. The van der Waals surface area contributed by atoms with Crippen LogP contribution < -0.4 is 10.6 Å². The molecule has 2 aromatic rings. The van der Waals surface area contributed by atoms with Crippen LogP contribution in [0.3, 0.4) is 0 Å². The largest absolute Gasteiger partial charge is 0.392 e. The third kappa shape index (κ3) is 4.61.